The number of carbonyl (C=O) groups is 1. The standard InChI is InChI=1S/C10H13NO2/c1-10(2,9(11)13)7-4-3-5-8(12)6-7/h3-6,12H,1-2H3,(H2,11,13). The van der Waals surface area contributed by atoms with Crippen molar-refractivity contribution in [3.8, 4) is 5.75 Å². The fraction of sp³-hybridized carbons (Fsp3) is 0.300. The van der Waals surface area contributed by atoms with E-state index in [1.807, 2.05) is 0 Å². The Balaban J connectivity index is 3.14. The quantitative estimate of drug-likeness (QED) is 0.715. The largest absolute Gasteiger partial charge is 0.508 e. The van der Waals surface area contributed by atoms with Gasteiger partial charge in [-0.3, -0.25) is 4.79 Å². The van der Waals surface area contributed by atoms with Crippen LogP contribution in [-0.4, -0.2) is 11.0 Å². The molecule has 0 aromatic heterocycles. The molecule has 0 saturated heterocycles. The molecule has 0 spiro atoms. The first-order valence-corrected chi connectivity index (χ1v) is 4.04. The monoisotopic (exact) mass is 179 g/mol. The van der Waals surface area contributed by atoms with Gasteiger partial charge in [-0.25, -0.2) is 0 Å². The molecule has 0 radical (unpaired) electrons. The minimum absolute atomic E-state index is 0.145. The number of aromatic hydroxyl groups is 1. The number of rotatable bonds is 2. The Morgan fingerprint density at radius 1 is 1.46 bits per heavy atom. The Morgan fingerprint density at radius 2 is 2.08 bits per heavy atom. The molecule has 70 valence electrons. The summed E-state index contributed by atoms with van der Waals surface area (Å²) in [6.45, 7) is 3.45. The van der Waals surface area contributed by atoms with Gasteiger partial charge in [-0.1, -0.05) is 12.1 Å². The van der Waals surface area contributed by atoms with Crippen LogP contribution in [0.4, 0.5) is 0 Å². The number of nitrogens with two attached hydrogens (primary N) is 1. The highest BCUT2D eigenvalue weighted by Crippen LogP contribution is 2.25. The smallest absolute Gasteiger partial charge is 0.227 e. The zero-order valence-electron chi connectivity index (χ0n) is 7.74. The summed E-state index contributed by atoms with van der Waals surface area (Å²) in [5.74, 6) is -0.259. The summed E-state index contributed by atoms with van der Waals surface area (Å²) in [6, 6.07) is 6.56. The van der Waals surface area contributed by atoms with Gasteiger partial charge in [0.2, 0.25) is 5.91 Å². The highest BCUT2D eigenvalue weighted by Gasteiger charge is 2.27. The predicted molar refractivity (Wildman–Crippen MR) is 50.3 cm³/mol. The maximum Gasteiger partial charge on any atom is 0.227 e. The van der Waals surface area contributed by atoms with Gasteiger partial charge >= 0.3 is 0 Å². The van der Waals surface area contributed by atoms with Crippen molar-refractivity contribution in [2.75, 3.05) is 0 Å². The molecule has 13 heavy (non-hydrogen) atoms. The van der Waals surface area contributed by atoms with E-state index in [9.17, 15) is 9.90 Å². The second-order valence-corrected chi connectivity index (χ2v) is 3.54. The number of amides is 1. The van der Waals surface area contributed by atoms with Crippen LogP contribution < -0.4 is 5.73 Å². The summed E-state index contributed by atoms with van der Waals surface area (Å²) in [5, 5.41) is 9.21. The van der Waals surface area contributed by atoms with Crippen molar-refractivity contribution >= 4 is 5.91 Å². The van der Waals surface area contributed by atoms with Crippen LogP contribution >= 0.6 is 0 Å². The number of phenols is 1. The van der Waals surface area contributed by atoms with Crippen molar-refractivity contribution in [3.05, 3.63) is 29.8 Å². The Hall–Kier alpha value is -1.51. The average molecular weight is 179 g/mol. The van der Waals surface area contributed by atoms with E-state index in [0.717, 1.165) is 5.56 Å². The van der Waals surface area contributed by atoms with Crippen molar-refractivity contribution in [1.82, 2.24) is 0 Å². The molecule has 3 heteroatoms. The van der Waals surface area contributed by atoms with Crippen LogP contribution in [-0.2, 0) is 10.2 Å². The van der Waals surface area contributed by atoms with Gasteiger partial charge in [-0.2, -0.15) is 0 Å². The Labute approximate surface area is 77.2 Å². The van der Waals surface area contributed by atoms with E-state index >= 15 is 0 Å². The Bertz CT molecular complexity index is 331. The minimum Gasteiger partial charge on any atom is -0.508 e. The number of hydrogen-bond acceptors (Lipinski definition) is 2. The second kappa shape index (κ2) is 3.09. The molecule has 1 aromatic rings. The third-order valence-corrected chi connectivity index (χ3v) is 2.18. The topological polar surface area (TPSA) is 63.3 Å². The Morgan fingerprint density at radius 3 is 2.54 bits per heavy atom. The molecule has 0 aliphatic heterocycles. The minimum atomic E-state index is -0.737. The molecule has 0 bridgehead atoms. The molecule has 0 aliphatic carbocycles. The van der Waals surface area contributed by atoms with Gasteiger partial charge < -0.3 is 10.8 Å². The fourth-order valence-corrected chi connectivity index (χ4v) is 1.04. The van der Waals surface area contributed by atoms with Gasteiger partial charge in [0.05, 0.1) is 5.41 Å². The number of phenolic OH excluding ortho intramolecular Hbond substituents is 1. The SMILES string of the molecule is CC(C)(C(N)=O)c1cccc(O)c1. The van der Waals surface area contributed by atoms with E-state index in [-0.39, 0.29) is 5.75 Å². The van der Waals surface area contributed by atoms with Gasteiger partial charge in [-0.15, -0.1) is 0 Å². The maximum absolute atomic E-state index is 11.1. The summed E-state index contributed by atoms with van der Waals surface area (Å²) in [4.78, 5) is 11.1. The highest BCUT2D eigenvalue weighted by molar-refractivity contribution is 5.85. The summed E-state index contributed by atoms with van der Waals surface area (Å²) in [7, 11) is 0. The number of carbonyl (C=O) groups excluding carboxylic acids is 1. The van der Waals surface area contributed by atoms with Crippen molar-refractivity contribution in [2.24, 2.45) is 5.73 Å². The van der Waals surface area contributed by atoms with Crippen LogP contribution in [0.2, 0.25) is 0 Å². The summed E-state index contributed by atoms with van der Waals surface area (Å²) in [6.07, 6.45) is 0. The number of hydrogen-bond donors (Lipinski definition) is 2. The summed E-state index contributed by atoms with van der Waals surface area (Å²) >= 11 is 0. The molecule has 0 saturated carbocycles. The lowest BCUT2D eigenvalue weighted by molar-refractivity contribution is -0.122. The van der Waals surface area contributed by atoms with E-state index in [4.69, 9.17) is 5.73 Å². The van der Waals surface area contributed by atoms with Gasteiger partial charge in [0, 0.05) is 0 Å². The zero-order valence-corrected chi connectivity index (χ0v) is 7.74. The van der Waals surface area contributed by atoms with Crippen molar-refractivity contribution in [3.63, 3.8) is 0 Å². The van der Waals surface area contributed by atoms with E-state index < -0.39 is 11.3 Å². The van der Waals surface area contributed by atoms with Gasteiger partial charge in [-0.05, 0) is 31.5 Å². The van der Waals surface area contributed by atoms with Crippen molar-refractivity contribution in [2.45, 2.75) is 19.3 Å². The predicted octanol–water partition coefficient (Wildman–Crippen LogP) is 1.16. The molecule has 0 atom stereocenters. The second-order valence-electron chi connectivity index (χ2n) is 3.54. The van der Waals surface area contributed by atoms with Crippen molar-refractivity contribution < 1.29 is 9.90 Å². The first-order chi connectivity index (χ1) is 5.94. The molecular weight excluding hydrogens is 166 g/mol. The summed E-state index contributed by atoms with van der Waals surface area (Å²) in [5.41, 5.74) is 5.22. The highest BCUT2D eigenvalue weighted by atomic mass is 16.3. The van der Waals surface area contributed by atoms with Crippen LogP contribution in [0.5, 0.6) is 5.75 Å². The van der Waals surface area contributed by atoms with Gasteiger partial charge in [0.15, 0.2) is 0 Å². The first-order valence-electron chi connectivity index (χ1n) is 4.04. The van der Waals surface area contributed by atoms with Crippen LogP contribution in [0.1, 0.15) is 19.4 Å². The maximum atomic E-state index is 11.1. The fourth-order valence-electron chi connectivity index (χ4n) is 1.04. The molecule has 3 nitrogen and oxygen atoms in total. The van der Waals surface area contributed by atoms with Crippen molar-refractivity contribution in [1.29, 1.82) is 0 Å². The molecule has 1 aromatic carbocycles. The molecule has 0 heterocycles. The molecule has 3 N–H and O–H groups in total. The molecule has 1 amide bonds. The number of primary amides is 1. The first kappa shape index (κ1) is 9.58. The zero-order chi connectivity index (χ0) is 10.1. The molecule has 0 unspecified atom stereocenters. The van der Waals surface area contributed by atoms with Crippen LogP contribution in [0, 0.1) is 0 Å². The number of benzene rings is 1. The van der Waals surface area contributed by atoms with Crippen LogP contribution in [0.25, 0.3) is 0 Å². The van der Waals surface area contributed by atoms with Gasteiger partial charge in [0.1, 0.15) is 5.75 Å². The van der Waals surface area contributed by atoms with E-state index in [0.29, 0.717) is 0 Å². The molecule has 1 rings (SSSR count). The van der Waals surface area contributed by atoms with E-state index in [1.165, 1.54) is 0 Å². The average Bonchev–Trinajstić information content (AvgIpc) is 2.04. The molecule has 0 fully saturated rings. The third kappa shape index (κ3) is 1.80. The lowest BCUT2D eigenvalue weighted by Crippen LogP contribution is -2.35. The molecular formula is C10H13NO2. The molecule has 0 aliphatic rings. The van der Waals surface area contributed by atoms with E-state index in [2.05, 4.69) is 0 Å². The lowest BCUT2D eigenvalue weighted by atomic mass is 9.84. The van der Waals surface area contributed by atoms with Crippen LogP contribution in [0.15, 0.2) is 24.3 Å². The van der Waals surface area contributed by atoms with E-state index in [1.54, 1.807) is 38.1 Å². The normalized spacial score (nSPS) is 11.2. The Kier molecular flexibility index (Phi) is 2.28. The summed E-state index contributed by atoms with van der Waals surface area (Å²) < 4.78 is 0. The lowest BCUT2D eigenvalue weighted by Gasteiger charge is -2.20. The third-order valence-electron chi connectivity index (χ3n) is 2.18. The van der Waals surface area contributed by atoms with Gasteiger partial charge in [0.25, 0.3) is 0 Å². The van der Waals surface area contributed by atoms with Crippen LogP contribution in [0.3, 0.4) is 0 Å².